The summed E-state index contributed by atoms with van der Waals surface area (Å²) in [5.74, 6) is 0.266. The van der Waals surface area contributed by atoms with Gasteiger partial charge in [-0.3, -0.25) is 9.59 Å². The second-order valence-corrected chi connectivity index (χ2v) is 6.28. The quantitative estimate of drug-likeness (QED) is 0.886. The van der Waals surface area contributed by atoms with E-state index in [0.717, 1.165) is 15.9 Å². The molecule has 2 rings (SSSR count). The van der Waals surface area contributed by atoms with Gasteiger partial charge in [0.05, 0.1) is 10.2 Å². The summed E-state index contributed by atoms with van der Waals surface area (Å²) in [6.45, 7) is 5.81. The number of thiazole rings is 1. The number of anilines is 2. The minimum atomic E-state index is -0.0560. The molecule has 2 N–H and O–H groups in total. The maximum atomic E-state index is 11.8. The molecule has 0 aliphatic heterocycles. The number of hydrogen-bond donors (Lipinski definition) is 2. The van der Waals surface area contributed by atoms with Crippen LogP contribution in [-0.2, 0) is 9.59 Å². The standard InChI is InChI=1S/C15H19N3O2S/c1-4-13(19)18-15-17-11-8-10(5-6-12(11)21-15)16-14(20)7-9(2)3/h5-6,8-9H,4,7H2,1-3H3,(H,16,20)(H,17,18,19). The van der Waals surface area contributed by atoms with Crippen LogP contribution in [0.15, 0.2) is 18.2 Å². The monoisotopic (exact) mass is 305 g/mol. The van der Waals surface area contributed by atoms with Crippen molar-refractivity contribution in [2.75, 3.05) is 10.6 Å². The normalized spacial score (nSPS) is 10.9. The van der Waals surface area contributed by atoms with E-state index < -0.39 is 0 Å². The predicted molar refractivity (Wildman–Crippen MR) is 86.6 cm³/mol. The smallest absolute Gasteiger partial charge is 0.225 e. The number of aromatic nitrogens is 1. The van der Waals surface area contributed by atoms with Gasteiger partial charge in [-0.15, -0.1) is 0 Å². The fourth-order valence-electron chi connectivity index (χ4n) is 1.85. The van der Waals surface area contributed by atoms with Crippen LogP contribution in [0.2, 0.25) is 0 Å². The van der Waals surface area contributed by atoms with Crippen molar-refractivity contribution in [2.24, 2.45) is 5.92 Å². The molecule has 0 fully saturated rings. The SMILES string of the molecule is CCC(=O)Nc1nc2cc(NC(=O)CC(C)C)ccc2s1. The van der Waals surface area contributed by atoms with E-state index in [1.165, 1.54) is 11.3 Å². The van der Waals surface area contributed by atoms with Gasteiger partial charge in [0.15, 0.2) is 5.13 Å². The summed E-state index contributed by atoms with van der Waals surface area (Å²) in [6, 6.07) is 5.58. The van der Waals surface area contributed by atoms with Gasteiger partial charge in [-0.2, -0.15) is 0 Å². The molecular weight excluding hydrogens is 286 g/mol. The summed E-state index contributed by atoms with van der Waals surface area (Å²) in [7, 11) is 0. The Labute approximate surface area is 127 Å². The zero-order valence-corrected chi connectivity index (χ0v) is 13.2. The van der Waals surface area contributed by atoms with Crippen molar-refractivity contribution < 1.29 is 9.59 Å². The number of hydrogen-bond acceptors (Lipinski definition) is 4. The molecular formula is C15H19N3O2S. The molecule has 1 heterocycles. The molecule has 1 aromatic carbocycles. The van der Waals surface area contributed by atoms with Gasteiger partial charge in [0.25, 0.3) is 0 Å². The highest BCUT2D eigenvalue weighted by atomic mass is 32.1. The van der Waals surface area contributed by atoms with Crippen molar-refractivity contribution in [3.63, 3.8) is 0 Å². The van der Waals surface area contributed by atoms with Crippen LogP contribution in [0.4, 0.5) is 10.8 Å². The molecule has 2 amide bonds. The van der Waals surface area contributed by atoms with Crippen LogP contribution in [-0.4, -0.2) is 16.8 Å². The van der Waals surface area contributed by atoms with Gasteiger partial charge in [0.2, 0.25) is 11.8 Å². The Bertz CT molecular complexity index is 664. The number of benzene rings is 1. The van der Waals surface area contributed by atoms with Crippen molar-refractivity contribution in [1.82, 2.24) is 4.98 Å². The second kappa shape index (κ2) is 6.67. The van der Waals surface area contributed by atoms with E-state index in [1.54, 1.807) is 6.92 Å². The number of nitrogens with one attached hydrogen (secondary N) is 2. The van der Waals surface area contributed by atoms with Crippen LogP contribution in [0.25, 0.3) is 10.2 Å². The topological polar surface area (TPSA) is 71.1 Å². The first-order chi connectivity index (χ1) is 9.97. The van der Waals surface area contributed by atoms with Gasteiger partial charge in [-0.05, 0) is 24.1 Å². The van der Waals surface area contributed by atoms with E-state index in [9.17, 15) is 9.59 Å². The molecule has 0 aliphatic carbocycles. The van der Waals surface area contributed by atoms with E-state index in [1.807, 2.05) is 32.0 Å². The lowest BCUT2D eigenvalue weighted by Gasteiger charge is -2.06. The molecule has 0 bridgehead atoms. The van der Waals surface area contributed by atoms with E-state index in [4.69, 9.17) is 0 Å². The molecule has 0 unspecified atom stereocenters. The Morgan fingerprint density at radius 1 is 1.24 bits per heavy atom. The maximum absolute atomic E-state index is 11.8. The van der Waals surface area contributed by atoms with Crippen LogP contribution in [0.1, 0.15) is 33.6 Å². The van der Waals surface area contributed by atoms with Crippen molar-refractivity contribution in [1.29, 1.82) is 0 Å². The zero-order chi connectivity index (χ0) is 15.4. The molecule has 0 radical (unpaired) electrons. The molecule has 1 aromatic heterocycles. The van der Waals surface area contributed by atoms with E-state index in [0.29, 0.717) is 23.9 Å². The van der Waals surface area contributed by atoms with Crippen molar-refractivity contribution in [3.05, 3.63) is 18.2 Å². The fraction of sp³-hybridized carbons (Fsp3) is 0.400. The highest BCUT2D eigenvalue weighted by Crippen LogP contribution is 2.28. The van der Waals surface area contributed by atoms with Gasteiger partial charge >= 0.3 is 0 Å². The predicted octanol–water partition coefficient (Wildman–Crippen LogP) is 3.63. The molecule has 0 spiro atoms. The van der Waals surface area contributed by atoms with Crippen LogP contribution >= 0.6 is 11.3 Å². The number of carbonyl (C=O) groups excluding carboxylic acids is 2. The fourth-order valence-corrected chi connectivity index (χ4v) is 2.71. The molecule has 2 aromatic rings. The molecule has 6 heteroatoms. The minimum Gasteiger partial charge on any atom is -0.326 e. The van der Waals surface area contributed by atoms with Crippen LogP contribution in [0.3, 0.4) is 0 Å². The third kappa shape index (κ3) is 4.26. The number of rotatable bonds is 5. The highest BCUT2D eigenvalue weighted by Gasteiger charge is 2.09. The van der Waals surface area contributed by atoms with Gasteiger partial charge in [0.1, 0.15) is 0 Å². The number of nitrogens with zero attached hydrogens (tertiary/aromatic N) is 1. The molecule has 0 atom stereocenters. The highest BCUT2D eigenvalue weighted by molar-refractivity contribution is 7.22. The third-order valence-corrected chi connectivity index (χ3v) is 3.78. The van der Waals surface area contributed by atoms with Gasteiger partial charge in [-0.25, -0.2) is 4.98 Å². The largest absolute Gasteiger partial charge is 0.326 e. The van der Waals surface area contributed by atoms with E-state index >= 15 is 0 Å². The van der Waals surface area contributed by atoms with Crippen LogP contribution < -0.4 is 10.6 Å². The van der Waals surface area contributed by atoms with Crippen LogP contribution in [0.5, 0.6) is 0 Å². The molecule has 0 saturated carbocycles. The molecule has 5 nitrogen and oxygen atoms in total. The van der Waals surface area contributed by atoms with Crippen LogP contribution in [0, 0.1) is 5.92 Å². The number of amides is 2. The third-order valence-electron chi connectivity index (χ3n) is 2.83. The van der Waals surface area contributed by atoms with Gasteiger partial charge < -0.3 is 10.6 Å². The first kappa shape index (κ1) is 15.4. The first-order valence-corrected chi connectivity index (χ1v) is 7.80. The summed E-state index contributed by atoms with van der Waals surface area (Å²) in [5.41, 5.74) is 1.50. The lowest BCUT2D eigenvalue weighted by molar-refractivity contribution is -0.117. The summed E-state index contributed by atoms with van der Waals surface area (Å²) in [4.78, 5) is 27.5. The lowest BCUT2D eigenvalue weighted by atomic mass is 10.1. The Balaban J connectivity index is 2.14. The summed E-state index contributed by atoms with van der Waals surface area (Å²) in [6.07, 6.45) is 0.916. The minimum absolute atomic E-state index is 0.000844. The van der Waals surface area contributed by atoms with Gasteiger partial charge in [-0.1, -0.05) is 32.1 Å². The lowest BCUT2D eigenvalue weighted by Crippen LogP contribution is -2.13. The van der Waals surface area contributed by atoms with E-state index in [2.05, 4.69) is 15.6 Å². The maximum Gasteiger partial charge on any atom is 0.225 e. The number of carbonyl (C=O) groups is 2. The van der Waals surface area contributed by atoms with Crippen molar-refractivity contribution in [3.8, 4) is 0 Å². The Morgan fingerprint density at radius 2 is 2.00 bits per heavy atom. The zero-order valence-electron chi connectivity index (χ0n) is 12.4. The summed E-state index contributed by atoms with van der Waals surface area (Å²) in [5, 5.41) is 6.20. The Hall–Kier alpha value is -1.95. The molecule has 112 valence electrons. The van der Waals surface area contributed by atoms with Crippen molar-refractivity contribution in [2.45, 2.75) is 33.6 Å². The average Bonchev–Trinajstić information content (AvgIpc) is 2.78. The molecule has 0 saturated heterocycles. The summed E-state index contributed by atoms with van der Waals surface area (Å²) >= 11 is 1.42. The number of fused-ring (bicyclic) bond motifs is 1. The average molecular weight is 305 g/mol. The Kier molecular flexibility index (Phi) is 4.90. The summed E-state index contributed by atoms with van der Waals surface area (Å²) < 4.78 is 0.975. The van der Waals surface area contributed by atoms with Crippen molar-refractivity contribution >= 4 is 44.2 Å². The Morgan fingerprint density at radius 3 is 2.67 bits per heavy atom. The van der Waals surface area contributed by atoms with Gasteiger partial charge in [0, 0.05) is 18.5 Å². The second-order valence-electron chi connectivity index (χ2n) is 5.25. The molecule has 0 aliphatic rings. The molecule has 21 heavy (non-hydrogen) atoms. The first-order valence-electron chi connectivity index (χ1n) is 6.98. The van der Waals surface area contributed by atoms with E-state index in [-0.39, 0.29) is 11.8 Å².